The second kappa shape index (κ2) is 4.18. The summed E-state index contributed by atoms with van der Waals surface area (Å²) in [4.78, 5) is 19.2. The molecule has 15 heavy (non-hydrogen) atoms. The zero-order valence-electron chi connectivity index (χ0n) is 7.49. The van der Waals surface area contributed by atoms with Crippen molar-refractivity contribution in [1.29, 1.82) is 0 Å². The first-order valence-corrected chi connectivity index (χ1v) is 3.86. The average Bonchev–Trinajstić information content (AvgIpc) is 2.17. The summed E-state index contributed by atoms with van der Waals surface area (Å²) in [6, 6.07) is 5.33. The molecular weight excluding hydrogens is 202 g/mol. The first-order chi connectivity index (χ1) is 7.00. The molecule has 0 radical (unpaired) electrons. The highest BCUT2D eigenvalue weighted by Gasteiger charge is 2.08. The Morgan fingerprint density at radius 3 is 2.53 bits per heavy atom. The van der Waals surface area contributed by atoms with Crippen LogP contribution >= 0.6 is 0 Å². The van der Waals surface area contributed by atoms with Crippen LogP contribution in [0.2, 0.25) is 0 Å². The minimum absolute atomic E-state index is 0.122. The maximum Gasteiger partial charge on any atom is 0.270 e. The Kier molecular flexibility index (Phi) is 2.97. The van der Waals surface area contributed by atoms with Crippen molar-refractivity contribution < 1.29 is 9.85 Å². The highest BCUT2D eigenvalue weighted by molar-refractivity contribution is 5.63. The van der Waals surface area contributed by atoms with Crippen LogP contribution in [0.1, 0.15) is 5.56 Å². The molecule has 0 saturated carbocycles. The van der Waals surface area contributed by atoms with E-state index in [0.29, 0.717) is 6.20 Å². The molecule has 0 fully saturated rings. The third kappa shape index (κ3) is 2.76. The summed E-state index contributed by atoms with van der Waals surface area (Å²) >= 11 is 0. The van der Waals surface area contributed by atoms with Crippen LogP contribution < -0.4 is 5.73 Å². The largest absolute Gasteiger partial charge is 0.393 e. The van der Waals surface area contributed by atoms with E-state index in [4.69, 9.17) is 5.73 Å². The van der Waals surface area contributed by atoms with Crippen molar-refractivity contribution in [2.45, 2.75) is 0 Å². The Morgan fingerprint density at radius 1 is 1.33 bits per heavy atom. The zero-order chi connectivity index (χ0) is 11.4. The van der Waals surface area contributed by atoms with E-state index in [1.165, 1.54) is 24.3 Å². The summed E-state index contributed by atoms with van der Waals surface area (Å²) in [5.74, 6) is 0. The van der Waals surface area contributed by atoms with E-state index in [9.17, 15) is 20.2 Å². The van der Waals surface area contributed by atoms with Crippen molar-refractivity contribution in [3.8, 4) is 0 Å². The van der Waals surface area contributed by atoms with Gasteiger partial charge in [-0.1, -0.05) is 12.1 Å². The average molecular weight is 209 g/mol. The number of nitrogens with zero attached hydrogens (tertiary/aromatic N) is 2. The number of benzene rings is 1. The number of non-ortho nitro benzene ring substituents is 1. The zero-order valence-corrected chi connectivity index (χ0v) is 7.49. The van der Waals surface area contributed by atoms with E-state index in [2.05, 4.69) is 0 Å². The summed E-state index contributed by atoms with van der Waals surface area (Å²) in [5.41, 5.74) is 5.33. The smallest absolute Gasteiger partial charge is 0.270 e. The van der Waals surface area contributed by atoms with Crippen molar-refractivity contribution >= 4 is 11.4 Å². The van der Waals surface area contributed by atoms with Gasteiger partial charge >= 0.3 is 0 Å². The molecule has 0 amide bonds. The summed E-state index contributed by atoms with van der Waals surface area (Å²) in [6.45, 7) is 0. The van der Waals surface area contributed by atoms with Gasteiger partial charge in [0.05, 0.1) is 9.85 Å². The monoisotopic (exact) mass is 209 g/mol. The van der Waals surface area contributed by atoms with Crippen molar-refractivity contribution in [3.63, 3.8) is 0 Å². The molecule has 0 atom stereocenters. The molecule has 7 heteroatoms. The number of nitro benzene ring substituents is 1. The predicted molar refractivity (Wildman–Crippen MR) is 52.3 cm³/mol. The van der Waals surface area contributed by atoms with E-state index >= 15 is 0 Å². The Morgan fingerprint density at radius 2 is 2.00 bits per heavy atom. The Bertz CT molecular complexity index is 441. The Hall–Kier alpha value is -2.44. The fourth-order valence-electron chi connectivity index (χ4n) is 0.987. The van der Waals surface area contributed by atoms with Crippen LogP contribution in [0.3, 0.4) is 0 Å². The minimum atomic E-state index is -0.714. The normalized spacial score (nSPS) is 11.1. The molecule has 78 valence electrons. The summed E-state index contributed by atoms with van der Waals surface area (Å²) in [7, 11) is 0. The quantitative estimate of drug-likeness (QED) is 0.592. The molecule has 0 heterocycles. The van der Waals surface area contributed by atoms with Crippen molar-refractivity contribution in [3.05, 3.63) is 56.3 Å². The fourth-order valence-corrected chi connectivity index (χ4v) is 0.987. The molecule has 0 aliphatic carbocycles. The molecule has 7 nitrogen and oxygen atoms in total. The van der Waals surface area contributed by atoms with Gasteiger partial charge in [-0.15, -0.1) is 0 Å². The van der Waals surface area contributed by atoms with Gasteiger partial charge in [0.1, 0.15) is 5.70 Å². The van der Waals surface area contributed by atoms with E-state index in [-0.39, 0.29) is 16.9 Å². The minimum Gasteiger partial charge on any atom is -0.393 e. The Balaban J connectivity index is 3.11. The van der Waals surface area contributed by atoms with Gasteiger partial charge in [-0.2, -0.15) is 0 Å². The number of nitro groups is 2. The number of nitrogens with two attached hydrogens (primary N) is 1. The lowest BCUT2D eigenvalue weighted by atomic mass is 10.1. The molecule has 0 aliphatic heterocycles. The lowest BCUT2D eigenvalue weighted by Crippen LogP contribution is -2.00. The Labute approximate surface area is 84.1 Å². The fraction of sp³-hybridized carbons (Fsp3) is 0. The van der Waals surface area contributed by atoms with Gasteiger partial charge in [0, 0.05) is 17.7 Å². The lowest BCUT2D eigenvalue weighted by molar-refractivity contribution is -0.401. The maximum absolute atomic E-state index is 10.4. The molecule has 1 aromatic carbocycles. The van der Waals surface area contributed by atoms with Crippen LogP contribution in [-0.4, -0.2) is 9.85 Å². The van der Waals surface area contributed by atoms with Gasteiger partial charge in [-0.25, -0.2) is 0 Å². The van der Waals surface area contributed by atoms with Crippen LogP contribution in [0.25, 0.3) is 5.70 Å². The second-order valence-electron chi connectivity index (χ2n) is 2.68. The molecule has 0 bridgehead atoms. The second-order valence-corrected chi connectivity index (χ2v) is 2.68. The van der Waals surface area contributed by atoms with Crippen molar-refractivity contribution in [2.75, 3.05) is 0 Å². The first kappa shape index (κ1) is 10.6. The predicted octanol–water partition coefficient (Wildman–Crippen LogP) is 1.13. The van der Waals surface area contributed by atoms with Crippen molar-refractivity contribution in [2.24, 2.45) is 5.73 Å². The summed E-state index contributed by atoms with van der Waals surface area (Å²) in [5, 5.41) is 20.5. The van der Waals surface area contributed by atoms with Crippen LogP contribution in [0.15, 0.2) is 30.5 Å². The lowest BCUT2D eigenvalue weighted by Gasteiger charge is -1.97. The van der Waals surface area contributed by atoms with Gasteiger partial charge in [-0.3, -0.25) is 20.2 Å². The third-order valence-electron chi connectivity index (χ3n) is 1.63. The van der Waals surface area contributed by atoms with E-state index in [1.54, 1.807) is 0 Å². The van der Waals surface area contributed by atoms with Gasteiger partial charge < -0.3 is 5.73 Å². The number of hydrogen-bond acceptors (Lipinski definition) is 5. The molecule has 2 N–H and O–H groups in total. The maximum atomic E-state index is 10.4. The molecule has 0 aromatic heterocycles. The highest BCUT2D eigenvalue weighted by atomic mass is 16.6. The van der Waals surface area contributed by atoms with Gasteiger partial charge in [-0.05, 0) is 0 Å². The third-order valence-corrected chi connectivity index (χ3v) is 1.63. The number of hydrogen-bond donors (Lipinski definition) is 1. The van der Waals surface area contributed by atoms with Gasteiger partial charge in [0.2, 0.25) is 0 Å². The van der Waals surface area contributed by atoms with Crippen LogP contribution in [0.4, 0.5) is 5.69 Å². The molecule has 1 rings (SSSR count). The van der Waals surface area contributed by atoms with E-state index in [1.807, 2.05) is 0 Å². The van der Waals surface area contributed by atoms with Crippen LogP contribution in [-0.2, 0) is 0 Å². The number of rotatable bonds is 3. The van der Waals surface area contributed by atoms with E-state index < -0.39 is 9.85 Å². The van der Waals surface area contributed by atoms with E-state index in [0.717, 1.165) is 0 Å². The molecule has 1 aromatic rings. The highest BCUT2D eigenvalue weighted by Crippen LogP contribution is 2.16. The molecular formula is C8H7N3O4. The molecule has 0 aliphatic rings. The molecule has 0 saturated heterocycles. The topological polar surface area (TPSA) is 112 Å². The molecule has 0 spiro atoms. The van der Waals surface area contributed by atoms with Crippen molar-refractivity contribution in [1.82, 2.24) is 0 Å². The SMILES string of the molecule is N/C(=C/[N+](=O)[O-])c1cccc([N+](=O)[O-])c1. The summed E-state index contributed by atoms with van der Waals surface area (Å²) < 4.78 is 0. The van der Waals surface area contributed by atoms with Crippen LogP contribution in [0.5, 0.6) is 0 Å². The van der Waals surface area contributed by atoms with Gasteiger partial charge in [0.15, 0.2) is 0 Å². The molecule has 0 unspecified atom stereocenters. The first-order valence-electron chi connectivity index (χ1n) is 3.86. The summed E-state index contributed by atoms with van der Waals surface area (Å²) in [6.07, 6.45) is 0.596. The van der Waals surface area contributed by atoms with Crippen LogP contribution in [0, 0.1) is 20.2 Å². The van der Waals surface area contributed by atoms with Gasteiger partial charge in [0.25, 0.3) is 11.9 Å². The standard InChI is InChI=1S/C8H7N3O4/c9-8(5-10(12)13)6-2-1-3-7(4-6)11(14)15/h1-5H,9H2/b8-5+.